The summed E-state index contributed by atoms with van der Waals surface area (Å²) in [5.74, 6) is -0.864. The summed E-state index contributed by atoms with van der Waals surface area (Å²) in [5.41, 5.74) is 1.07. The molecule has 0 saturated carbocycles. The van der Waals surface area contributed by atoms with Gasteiger partial charge < -0.3 is 5.11 Å². The number of ketones is 1. The van der Waals surface area contributed by atoms with Gasteiger partial charge in [-0.05, 0) is 24.3 Å². The van der Waals surface area contributed by atoms with Gasteiger partial charge in [-0.1, -0.05) is 36.4 Å². The minimum atomic E-state index is -0.850. The lowest BCUT2D eigenvalue weighted by atomic mass is 9.90. The summed E-state index contributed by atoms with van der Waals surface area (Å²) in [6, 6.07) is 9.69. The van der Waals surface area contributed by atoms with Crippen molar-refractivity contribution in [2.24, 2.45) is 5.92 Å². The molecule has 0 aliphatic rings. The highest BCUT2D eigenvalue weighted by molar-refractivity contribution is 5.79. The fraction of sp³-hybridized carbons (Fsp3) is 0.375. The van der Waals surface area contributed by atoms with E-state index in [2.05, 4.69) is 6.58 Å². The van der Waals surface area contributed by atoms with Crippen molar-refractivity contribution >= 4 is 11.8 Å². The number of Topliss-reactive ketones (excluding diaryl/α,β-unsaturated/α-hetero) is 1. The number of hydrogen-bond acceptors (Lipinski definition) is 2. The summed E-state index contributed by atoms with van der Waals surface area (Å²) in [4.78, 5) is 22.6. The topological polar surface area (TPSA) is 54.4 Å². The highest BCUT2D eigenvalue weighted by Gasteiger charge is 2.17. The molecule has 0 aromatic heterocycles. The highest BCUT2D eigenvalue weighted by atomic mass is 16.4. The van der Waals surface area contributed by atoms with E-state index in [-0.39, 0.29) is 18.1 Å². The lowest BCUT2D eigenvalue weighted by Gasteiger charge is -2.14. The largest absolute Gasteiger partial charge is 0.481 e. The third-order valence-electron chi connectivity index (χ3n) is 2.97. The van der Waals surface area contributed by atoms with Gasteiger partial charge in [0.1, 0.15) is 5.78 Å². The molecular formula is C16H20O3. The van der Waals surface area contributed by atoms with Gasteiger partial charge in [0.2, 0.25) is 0 Å². The maximum atomic E-state index is 11.7. The lowest BCUT2D eigenvalue weighted by Crippen LogP contribution is -2.15. The van der Waals surface area contributed by atoms with Gasteiger partial charge in [-0.15, -0.1) is 6.58 Å². The van der Waals surface area contributed by atoms with Crippen LogP contribution in [0.2, 0.25) is 0 Å². The van der Waals surface area contributed by atoms with Crippen LogP contribution >= 0.6 is 0 Å². The van der Waals surface area contributed by atoms with Crippen molar-refractivity contribution in [3.8, 4) is 0 Å². The van der Waals surface area contributed by atoms with Crippen molar-refractivity contribution in [2.75, 3.05) is 0 Å². The average molecular weight is 260 g/mol. The zero-order valence-electron chi connectivity index (χ0n) is 11.0. The molecule has 0 bridgehead atoms. The summed E-state index contributed by atoms with van der Waals surface area (Å²) in [6.07, 6.45) is 3.82. The van der Waals surface area contributed by atoms with Crippen LogP contribution in [0.15, 0.2) is 43.0 Å². The van der Waals surface area contributed by atoms with E-state index in [9.17, 15) is 9.59 Å². The average Bonchev–Trinajstić information content (AvgIpc) is 2.36. The van der Waals surface area contributed by atoms with E-state index in [4.69, 9.17) is 5.11 Å². The molecule has 3 nitrogen and oxygen atoms in total. The van der Waals surface area contributed by atoms with E-state index >= 15 is 0 Å². The number of aliphatic carboxylic acids is 1. The van der Waals surface area contributed by atoms with Gasteiger partial charge in [0.25, 0.3) is 0 Å². The fourth-order valence-electron chi connectivity index (χ4n) is 2.10. The third-order valence-corrected chi connectivity index (χ3v) is 2.97. The Morgan fingerprint density at radius 2 is 1.89 bits per heavy atom. The second kappa shape index (κ2) is 8.25. The summed E-state index contributed by atoms with van der Waals surface area (Å²) in [5, 5.41) is 8.92. The van der Waals surface area contributed by atoms with Gasteiger partial charge in [0, 0.05) is 19.3 Å². The van der Waals surface area contributed by atoms with Crippen LogP contribution in [0.25, 0.3) is 0 Å². The number of benzene rings is 1. The number of allylic oxidation sites excluding steroid dienone is 1. The van der Waals surface area contributed by atoms with Gasteiger partial charge >= 0.3 is 5.97 Å². The molecule has 0 heterocycles. The summed E-state index contributed by atoms with van der Waals surface area (Å²) in [7, 11) is 0. The molecule has 0 fully saturated rings. The number of hydrogen-bond donors (Lipinski definition) is 1. The normalized spacial score (nSPS) is 11.8. The third kappa shape index (κ3) is 6.55. The first-order valence-electron chi connectivity index (χ1n) is 6.50. The van der Waals surface area contributed by atoms with Crippen LogP contribution in [0.3, 0.4) is 0 Å². The minimum Gasteiger partial charge on any atom is -0.481 e. The molecule has 0 saturated heterocycles. The van der Waals surface area contributed by atoms with Crippen LogP contribution in [0.1, 0.15) is 31.2 Å². The maximum absolute atomic E-state index is 11.7. The Morgan fingerprint density at radius 1 is 1.21 bits per heavy atom. The zero-order valence-corrected chi connectivity index (χ0v) is 11.0. The number of carbonyl (C=O) groups is 2. The molecule has 1 N–H and O–H groups in total. The maximum Gasteiger partial charge on any atom is 0.303 e. The molecular weight excluding hydrogens is 240 g/mol. The van der Waals surface area contributed by atoms with Crippen LogP contribution in [-0.2, 0) is 16.0 Å². The van der Waals surface area contributed by atoms with Crippen molar-refractivity contribution in [2.45, 2.75) is 32.1 Å². The van der Waals surface area contributed by atoms with Gasteiger partial charge in [-0.3, -0.25) is 9.59 Å². The molecule has 0 amide bonds. The van der Waals surface area contributed by atoms with E-state index in [1.54, 1.807) is 6.08 Å². The van der Waals surface area contributed by atoms with E-state index in [0.717, 1.165) is 5.56 Å². The first-order chi connectivity index (χ1) is 9.11. The molecule has 0 spiro atoms. The Bertz CT molecular complexity index is 423. The minimum absolute atomic E-state index is 0.0364. The SMILES string of the molecule is C=CCCC(=O)CC(CC(=O)O)Cc1ccccc1. The number of carboxylic acid groups (broad SMARTS) is 1. The molecule has 1 rings (SSSR count). The Kier molecular flexibility index (Phi) is 6.58. The van der Waals surface area contributed by atoms with Crippen molar-refractivity contribution in [1.29, 1.82) is 0 Å². The van der Waals surface area contributed by atoms with Crippen LogP contribution in [-0.4, -0.2) is 16.9 Å². The van der Waals surface area contributed by atoms with Crippen molar-refractivity contribution in [3.05, 3.63) is 48.6 Å². The van der Waals surface area contributed by atoms with Crippen LogP contribution in [0.4, 0.5) is 0 Å². The molecule has 0 radical (unpaired) electrons. The fourth-order valence-corrected chi connectivity index (χ4v) is 2.10. The molecule has 1 aromatic rings. The summed E-state index contributed by atoms with van der Waals surface area (Å²) >= 11 is 0. The molecule has 102 valence electrons. The molecule has 0 aliphatic carbocycles. The molecule has 1 unspecified atom stereocenters. The van der Waals surface area contributed by atoms with Gasteiger partial charge in [-0.25, -0.2) is 0 Å². The van der Waals surface area contributed by atoms with E-state index in [0.29, 0.717) is 25.7 Å². The van der Waals surface area contributed by atoms with Crippen LogP contribution in [0.5, 0.6) is 0 Å². The number of carbonyl (C=O) groups excluding carboxylic acids is 1. The van der Waals surface area contributed by atoms with Gasteiger partial charge in [0.05, 0.1) is 0 Å². The van der Waals surface area contributed by atoms with Crippen LogP contribution in [0, 0.1) is 5.92 Å². The molecule has 0 aliphatic heterocycles. The summed E-state index contributed by atoms with van der Waals surface area (Å²) < 4.78 is 0. The second-order valence-electron chi connectivity index (χ2n) is 4.72. The quantitative estimate of drug-likeness (QED) is 0.693. The van der Waals surface area contributed by atoms with E-state index < -0.39 is 5.97 Å². The first-order valence-corrected chi connectivity index (χ1v) is 6.50. The van der Waals surface area contributed by atoms with Gasteiger partial charge in [-0.2, -0.15) is 0 Å². The predicted octanol–water partition coefficient (Wildman–Crippen LogP) is 3.25. The Hall–Kier alpha value is -1.90. The predicted molar refractivity (Wildman–Crippen MR) is 74.9 cm³/mol. The monoisotopic (exact) mass is 260 g/mol. The van der Waals surface area contributed by atoms with Crippen molar-refractivity contribution in [1.82, 2.24) is 0 Å². The number of rotatable bonds is 9. The molecule has 1 aromatic carbocycles. The molecule has 3 heteroatoms. The van der Waals surface area contributed by atoms with Crippen LogP contribution < -0.4 is 0 Å². The Morgan fingerprint density at radius 3 is 2.47 bits per heavy atom. The zero-order chi connectivity index (χ0) is 14.1. The van der Waals surface area contributed by atoms with Gasteiger partial charge in [0.15, 0.2) is 0 Å². The molecule has 1 atom stereocenters. The highest BCUT2D eigenvalue weighted by Crippen LogP contribution is 2.18. The van der Waals surface area contributed by atoms with Crippen molar-refractivity contribution < 1.29 is 14.7 Å². The first kappa shape index (κ1) is 15.2. The van der Waals surface area contributed by atoms with Crippen molar-refractivity contribution in [3.63, 3.8) is 0 Å². The standard InChI is InChI=1S/C16H20O3/c1-2-3-9-15(17)11-14(12-16(18)19)10-13-7-5-4-6-8-13/h2,4-8,14H,1,3,9-12H2,(H,18,19). The van der Waals surface area contributed by atoms with E-state index in [1.807, 2.05) is 30.3 Å². The second-order valence-corrected chi connectivity index (χ2v) is 4.72. The smallest absolute Gasteiger partial charge is 0.303 e. The Labute approximate surface area is 114 Å². The summed E-state index contributed by atoms with van der Waals surface area (Å²) in [6.45, 7) is 3.58. The number of carboxylic acids is 1. The van der Waals surface area contributed by atoms with E-state index in [1.165, 1.54) is 0 Å². The Balaban J connectivity index is 2.58. The lowest BCUT2D eigenvalue weighted by molar-refractivity contribution is -0.138. The molecule has 19 heavy (non-hydrogen) atoms.